The lowest BCUT2D eigenvalue weighted by Gasteiger charge is -2.10. The smallest absolute Gasteiger partial charge is 0.313 e. The third kappa shape index (κ3) is 3.41. The molecule has 2 heterocycles. The average molecular weight is 277 g/mol. The molecule has 19 heavy (non-hydrogen) atoms. The molecule has 0 saturated heterocycles. The lowest BCUT2D eigenvalue weighted by atomic mass is 10.3. The van der Waals surface area contributed by atoms with Crippen molar-refractivity contribution in [3.63, 3.8) is 0 Å². The number of carboxylic acids is 1. The van der Waals surface area contributed by atoms with Gasteiger partial charge in [-0.05, 0) is 19.1 Å². The molecule has 0 radical (unpaired) electrons. The minimum Gasteiger partial charge on any atom is -0.481 e. The molecule has 1 N–H and O–H groups in total. The predicted octanol–water partition coefficient (Wildman–Crippen LogP) is 1.11. The van der Waals surface area contributed by atoms with Gasteiger partial charge in [0.15, 0.2) is 5.16 Å². The Bertz CT molecular complexity index is 652. The van der Waals surface area contributed by atoms with Gasteiger partial charge in [0.25, 0.3) is 5.56 Å². The van der Waals surface area contributed by atoms with Gasteiger partial charge in [0.05, 0.1) is 17.6 Å². The van der Waals surface area contributed by atoms with Crippen LogP contribution in [-0.4, -0.2) is 31.4 Å². The Morgan fingerprint density at radius 3 is 2.84 bits per heavy atom. The molecule has 2 aromatic rings. The van der Waals surface area contributed by atoms with Gasteiger partial charge in [-0.15, -0.1) is 0 Å². The first kappa shape index (κ1) is 13.3. The van der Waals surface area contributed by atoms with E-state index in [9.17, 15) is 9.59 Å². The number of carboxylic acid groups (broad SMARTS) is 1. The highest BCUT2D eigenvalue weighted by molar-refractivity contribution is 7.99. The molecule has 0 aliphatic carbocycles. The largest absolute Gasteiger partial charge is 0.481 e. The standard InChI is InChI=1S/C12H11N3O3S/c1-8-2-3-9(6-13-8)15-5-4-10(16)14-12(15)19-7-11(17)18/h2-6H,7H2,1H3,(H,17,18). The van der Waals surface area contributed by atoms with E-state index in [1.807, 2.05) is 19.1 Å². The Morgan fingerprint density at radius 1 is 1.42 bits per heavy atom. The van der Waals surface area contributed by atoms with Crippen molar-refractivity contribution in [2.45, 2.75) is 12.1 Å². The number of pyridine rings is 1. The van der Waals surface area contributed by atoms with E-state index < -0.39 is 11.5 Å². The highest BCUT2D eigenvalue weighted by atomic mass is 32.2. The zero-order valence-electron chi connectivity index (χ0n) is 10.1. The van der Waals surface area contributed by atoms with E-state index in [0.717, 1.165) is 23.1 Å². The molecule has 0 aliphatic rings. The quantitative estimate of drug-likeness (QED) is 0.665. The van der Waals surface area contributed by atoms with E-state index in [4.69, 9.17) is 5.11 Å². The fourth-order valence-electron chi connectivity index (χ4n) is 1.41. The Labute approximate surface area is 113 Å². The number of hydrogen-bond donors (Lipinski definition) is 1. The molecule has 98 valence electrons. The van der Waals surface area contributed by atoms with Crippen molar-refractivity contribution in [1.82, 2.24) is 14.5 Å². The van der Waals surface area contributed by atoms with Gasteiger partial charge in [-0.3, -0.25) is 19.1 Å². The van der Waals surface area contributed by atoms with Gasteiger partial charge in [0.1, 0.15) is 0 Å². The molecule has 0 aliphatic heterocycles. The molecule has 0 unspecified atom stereocenters. The van der Waals surface area contributed by atoms with Crippen LogP contribution in [0.2, 0.25) is 0 Å². The van der Waals surface area contributed by atoms with Gasteiger partial charge in [0.2, 0.25) is 0 Å². The molecule has 2 rings (SSSR count). The van der Waals surface area contributed by atoms with Crippen molar-refractivity contribution in [3.05, 3.63) is 46.6 Å². The van der Waals surface area contributed by atoms with E-state index >= 15 is 0 Å². The number of aryl methyl sites for hydroxylation is 1. The molecule has 0 bridgehead atoms. The van der Waals surface area contributed by atoms with E-state index in [2.05, 4.69) is 9.97 Å². The maximum absolute atomic E-state index is 11.3. The minimum absolute atomic E-state index is 0.157. The second-order valence-corrected chi connectivity index (χ2v) is 4.70. The summed E-state index contributed by atoms with van der Waals surface area (Å²) in [5.74, 6) is -1.12. The Morgan fingerprint density at radius 2 is 2.21 bits per heavy atom. The Kier molecular flexibility index (Phi) is 3.96. The molecular weight excluding hydrogens is 266 g/mol. The summed E-state index contributed by atoms with van der Waals surface area (Å²) in [4.78, 5) is 29.9. The van der Waals surface area contributed by atoms with E-state index in [1.54, 1.807) is 17.0 Å². The van der Waals surface area contributed by atoms with Gasteiger partial charge in [-0.25, -0.2) is 0 Å². The van der Waals surface area contributed by atoms with Crippen LogP contribution in [-0.2, 0) is 4.79 Å². The van der Waals surface area contributed by atoms with Gasteiger partial charge >= 0.3 is 5.97 Å². The summed E-state index contributed by atoms with van der Waals surface area (Å²) >= 11 is 0.993. The Hall–Kier alpha value is -2.15. The zero-order valence-corrected chi connectivity index (χ0v) is 10.9. The van der Waals surface area contributed by atoms with Crippen LogP contribution in [0.15, 0.2) is 40.5 Å². The van der Waals surface area contributed by atoms with Gasteiger partial charge < -0.3 is 5.11 Å². The number of rotatable bonds is 4. The first-order valence-electron chi connectivity index (χ1n) is 5.43. The third-order valence-corrected chi connectivity index (χ3v) is 3.21. The summed E-state index contributed by atoms with van der Waals surface area (Å²) in [6.45, 7) is 1.87. The van der Waals surface area contributed by atoms with Crippen molar-refractivity contribution in [1.29, 1.82) is 0 Å². The number of aliphatic carboxylic acids is 1. The maximum atomic E-state index is 11.3. The van der Waals surface area contributed by atoms with Crippen molar-refractivity contribution in [2.75, 3.05) is 5.75 Å². The number of carbonyl (C=O) groups is 1. The lowest BCUT2D eigenvalue weighted by molar-refractivity contribution is -0.133. The maximum Gasteiger partial charge on any atom is 0.313 e. The number of hydrogen-bond acceptors (Lipinski definition) is 5. The summed E-state index contributed by atoms with van der Waals surface area (Å²) in [5, 5.41) is 9.03. The van der Waals surface area contributed by atoms with Crippen LogP contribution in [0.25, 0.3) is 5.69 Å². The van der Waals surface area contributed by atoms with Gasteiger partial charge in [-0.1, -0.05) is 11.8 Å². The first-order chi connectivity index (χ1) is 9.06. The number of nitrogens with zero attached hydrogens (tertiary/aromatic N) is 3. The molecule has 7 heteroatoms. The van der Waals surface area contributed by atoms with Gasteiger partial charge in [-0.2, -0.15) is 4.98 Å². The Balaban J connectivity index is 2.41. The average Bonchev–Trinajstić information content (AvgIpc) is 2.38. The topological polar surface area (TPSA) is 85.1 Å². The first-order valence-corrected chi connectivity index (χ1v) is 6.42. The van der Waals surface area contributed by atoms with Gasteiger partial charge in [0, 0.05) is 18.0 Å². The molecule has 6 nitrogen and oxygen atoms in total. The third-order valence-electron chi connectivity index (χ3n) is 2.28. The molecule has 2 aromatic heterocycles. The van der Waals surface area contributed by atoms with E-state index in [1.165, 1.54) is 6.07 Å². The van der Waals surface area contributed by atoms with Crippen molar-refractivity contribution in [2.24, 2.45) is 0 Å². The summed E-state index contributed by atoms with van der Waals surface area (Å²) in [6.07, 6.45) is 3.21. The minimum atomic E-state index is -0.961. The summed E-state index contributed by atoms with van der Waals surface area (Å²) in [7, 11) is 0. The molecule has 0 aromatic carbocycles. The number of thioether (sulfide) groups is 1. The van der Waals surface area contributed by atoms with Crippen LogP contribution in [0.4, 0.5) is 0 Å². The van der Waals surface area contributed by atoms with E-state index in [-0.39, 0.29) is 5.75 Å². The van der Waals surface area contributed by atoms with Crippen molar-refractivity contribution in [3.8, 4) is 5.69 Å². The summed E-state index contributed by atoms with van der Waals surface area (Å²) in [6, 6.07) is 4.99. The molecule has 0 fully saturated rings. The molecule has 0 spiro atoms. The highest BCUT2D eigenvalue weighted by Gasteiger charge is 2.08. The van der Waals surface area contributed by atoms with Crippen molar-refractivity contribution >= 4 is 17.7 Å². The number of aromatic nitrogens is 3. The SMILES string of the molecule is Cc1ccc(-n2ccc(=O)nc2SCC(=O)O)cn1. The molecule has 0 amide bonds. The van der Waals surface area contributed by atoms with E-state index in [0.29, 0.717) is 5.16 Å². The second-order valence-electron chi connectivity index (χ2n) is 3.76. The van der Waals surface area contributed by atoms with Crippen LogP contribution < -0.4 is 5.56 Å². The van der Waals surface area contributed by atoms with Crippen LogP contribution in [0.3, 0.4) is 0 Å². The highest BCUT2D eigenvalue weighted by Crippen LogP contribution is 2.18. The predicted molar refractivity (Wildman–Crippen MR) is 70.7 cm³/mol. The van der Waals surface area contributed by atoms with Crippen LogP contribution >= 0.6 is 11.8 Å². The molecular formula is C12H11N3O3S. The second kappa shape index (κ2) is 5.66. The monoisotopic (exact) mass is 277 g/mol. The van der Waals surface area contributed by atoms with Crippen molar-refractivity contribution < 1.29 is 9.90 Å². The molecule has 0 saturated carbocycles. The van der Waals surface area contributed by atoms with Crippen LogP contribution in [0, 0.1) is 6.92 Å². The molecule has 0 atom stereocenters. The lowest BCUT2D eigenvalue weighted by Crippen LogP contribution is -2.13. The fraction of sp³-hybridized carbons (Fsp3) is 0.167. The normalized spacial score (nSPS) is 10.4. The fourth-order valence-corrected chi connectivity index (χ4v) is 2.13. The zero-order chi connectivity index (χ0) is 13.8. The summed E-state index contributed by atoms with van der Waals surface area (Å²) < 4.78 is 1.64. The van der Waals surface area contributed by atoms with Crippen LogP contribution in [0.1, 0.15) is 5.69 Å². The summed E-state index contributed by atoms with van der Waals surface area (Å²) in [5.41, 5.74) is 1.20. The van der Waals surface area contributed by atoms with Crippen LogP contribution in [0.5, 0.6) is 0 Å².